The van der Waals surface area contributed by atoms with Crippen LogP contribution in [0.5, 0.6) is 0 Å². The highest BCUT2D eigenvalue weighted by molar-refractivity contribution is 5.76. The van der Waals surface area contributed by atoms with Crippen LogP contribution in [-0.4, -0.2) is 125 Å². The maximum atomic E-state index is 12.9. The number of carbonyl (C=O) groups is 2. The lowest BCUT2D eigenvalue weighted by Gasteiger charge is -2.25. The van der Waals surface area contributed by atoms with E-state index in [-0.39, 0.29) is 57.2 Å². The standard InChI is InChI=1S/C27H48N2O10/c1-27(2,3)39-26(33)6-5-8-29(9-11-38-24-18-22(20-30)28-23(19-24)21-31)25(32)7-10-35-14-15-37-17-16-36-13-12-34-4/h18-19,22,28,30-31H,5-17,20-21H2,1-4H3. The van der Waals surface area contributed by atoms with Crippen LogP contribution in [0.3, 0.4) is 0 Å². The number of aliphatic hydroxyl groups is 2. The number of methoxy groups -OCH3 is 1. The first kappa shape index (κ1) is 34.8. The van der Waals surface area contributed by atoms with Crippen molar-refractivity contribution in [1.29, 1.82) is 0 Å². The van der Waals surface area contributed by atoms with Crippen molar-refractivity contribution >= 4 is 11.9 Å². The van der Waals surface area contributed by atoms with Crippen LogP contribution in [-0.2, 0) is 38.0 Å². The second-order valence-corrected chi connectivity index (χ2v) is 9.83. The summed E-state index contributed by atoms with van der Waals surface area (Å²) in [5.74, 6) is 0.0787. The Hall–Kier alpha value is -2.22. The molecule has 1 aliphatic heterocycles. The van der Waals surface area contributed by atoms with Gasteiger partial charge in [0.2, 0.25) is 5.91 Å². The van der Waals surface area contributed by atoms with E-state index in [2.05, 4.69) is 5.32 Å². The fourth-order valence-corrected chi connectivity index (χ4v) is 3.46. The largest absolute Gasteiger partial charge is 0.492 e. The fraction of sp³-hybridized carbons (Fsp3) is 0.778. The number of aliphatic hydroxyl groups excluding tert-OH is 2. The Morgan fingerprint density at radius 3 is 2.15 bits per heavy atom. The molecule has 1 heterocycles. The molecule has 3 N–H and O–H groups in total. The predicted molar refractivity (Wildman–Crippen MR) is 144 cm³/mol. The van der Waals surface area contributed by atoms with Gasteiger partial charge in [0.1, 0.15) is 18.0 Å². The zero-order valence-corrected chi connectivity index (χ0v) is 23.9. The van der Waals surface area contributed by atoms with Gasteiger partial charge < -0.3 is 48.9 Å². The summed E-state index contributed by atoms with van der Waals surface area (Å²) in [6.07, 6.45) is 4.20. The minimum Gasteiger partial charge on any atom is -0.492 e. The van der Waals surface area contributed by atoms with Gasteiger partial charge in [0.15, 0.2) is 0 Å². The molecule has 0 aromatic carbocycles. The highest BCUT2D eigenvalue weighted by atomic mass is 16.6. The van der Waals surface area contributed by atoms with Crippen LogP contribution < -0.4 is 5.32 Å². The number of carbonyl (C=O) groups excluding carboxylic acids is 2. The molecule has 0 fully saturated rings. The van der Waals surface area contributed by atoms with Crippen molar-refractivity contribution in [1.82, 2.24) is 10.2 Å². The van der Waals surface area contributed by atoms with Crippen LogP contribution in [0.4, 0.5) is 0 Å². The van der Waals surface area contributed by atoms with Gasteiger partial charge in [0, 0.05) is 31.8 Å². The lowest BCUT2D eigenvalue weighted by Crippen LogP contribution is -2.37. The third-order valence-corrected chi connectivity index (χ3v) is 5.27. The van der Waals surface area contributed by atoms with Crippen molar-refractivity contribution in [2.45, 2.75) is 51.7 Å². The van der Waals surface area contributed by atoms with Crippen LogP contribution in [0.15, 0.2) is 23.6 Å². The summed E-state index contributed by atoms with van der Waals surface area (Å²) in [6, 6.07) is -0.358. The molecule has 12 nitrogen and oxygen atoms in total. The monoisotopic (exact) mass is 560 g/mol. The van der Waals surface area contributed by atoms with E-state index in [1.54, 1.807) is 24.2 Å². The van der Waals surface area contributed by atoms with Crippen molar-refractivity contribution in [2.75, 3.05) is 86.3 Å². The predicted octanol–water partition coefficient (Wildman–Crippen LogP) is 0.764. The van der Waals surface area contributed by atoms with Crippen LogP contribution in [0.2, 0.25) is 0 Å². The Labute approximate surface area is 232 Å². The zero-order chi connectivity index (χ0) is 28.9. The first-order chi connectivity index (χ1) is 18.7. The molecule has 1 unspecified atom stereocenters. The minimum absolute atomic E-state index is 0.116. The summed E-state index contributed by atoms with van der Waals surface area (Å²) in [4.78, 5) is 26.6. The number of ether oxygens (including phenoxy) is 6. The molecule has 1 aliphatic rings. The van der Waals surface area contributed by atoms with Gasteiger partial charge in [-0.05, 0) is 33.3 Å². The number of dihydropyridines is 1. The topological polar surface area (TPSA) is 145 Å². The van der Waals surface area contributed by atoms with Gasteiger partial charge in [0.05, 0.1) is 78.5 Å². The first-order valence-corrected chi connectivity index (χ1v) is 13.4. The Kier molecular flexibility index (Phi) is 18.4. The van der Waals surface area contributed by atoms with Crippen LogP contribution in [0, 0.1) is 0 Å². The first-order valence-electron chi connectivity index (χ1n) is 13.4. The van der Waals surface area contributed by atoms with E-state index >= 15 is 0 Å². The molecular weight excluding hydrogens is 512 g/mol. The van der Waals surface area contributed by atoms with Gasteiger partial charge in [-0.2, -0.15) is 0 Å². The Balaban J connectivity index is 2.46. The van der Waals surface area contributed by atoms with Crippen molar-refractivity contribution in [3.8, 4) is 0 Å². The Morgan fingerprint density at radius 2 is 1.56 bits per heavy atom. The molecule has 0 aromatic rings. The van der Waals surface area contributed by atoms with Gasteiger partial charge in [-0.15, -0.1) is 0 Å². The van der Waals surface area contributed by atoms with Gasteiger partial charge >= 0.3 is 5.97 Å². The number of esters is 1. The van der Waals surface area contributed by atoms with E-state index in [9.17, 15) is 19.8 Å². The third kappa shape index (κ3) is 17.9. The third-order valence-electron chi connectivity index (χ3n) is 5.27. The highest BCUT2D eigenvalue weighted by Gasteiger charge is 2.19. The number of rotatable bonds is 22. The Bertz CT molecular complexity index is 751. The van der Waals surface area contributed by atoms with E-state index in [0.29, 0.717) is 70.6 Å². The highest BCUT2D eigenvalue weighted by Crippen LogP contribution is 2.13. The fourth-order valence-electron chi connectivity index (χ4n) is 3.46. The SMILES string of the molecule is COCCOCCOCCOCCC(=O)N(CCCC(=O)OC(C)(C)C)CCOC1=CC(CO)NC(CO)=C1. The molecule has 39 heavy (non-hydrogen) atoms. The van der Waals surface area contributed by atoms with Crippen LogP contribution in [0.25, 0.3) is 0 Å². The van der Waals surface area contributed by atoms with Crippen LogP contribution >= 0.6 is 0 Å². The van der Waals surface area contributed by atoms with Gasteiger partial charge in [-0.25, -0.2) is 0 Å². The molecule has 1 atom stereocenters. The molecule has 1 rings (SSSR count). The summed E-state index contributed by atoms with van der Waals surface area (Å²) in [7, 11) is 1.62. The van der Waals surface area contributed by atoms with E-state index in [4.69, 9.17) is 28.4 Å². The molecule has 0 saturated heterocycles. The van der Waals surface area contributed by atoms with E-state index < -0.39 is 5.60 Å². The zero-order valence-electron chi connectivity index (χ0n) is 23.9. The maximum Gasteiger partial charge on any atom is 0.306 e. The summed E-state index contributed by atoms with van der Waals surface area (Å²) < 4.78 is 32.3. The average Bonchev–Trinajstić information content (AvgIpc) is 2.89. The molecular formula is C27H48N2O10. The van der Waals surface area contributed by atoms with Crippen molar-refractivity contribution in [2.24, 2.45) is 0 Å². The smallest absolute Gasteiger partial charge is 0.306 e. The summed E-state index contributed by atoms with van der Waals surface area (Å²) in [5.41, 5.74) is -0.0225. The Morgan fingerprint density at radius 1 is 0.923 bits per heavy atom. The van der Waals surface area contributed by atoms with E-state index in [1.807, 2.05) is 20.8 Å². The molecule has 226 valence electrons. The minimum atomic E-state index is -0.561. The van der Waals surface area contributed by atoms with Crippen molar-refractivity contribution in [3.05, 3.63) is 23.6 Å². The number of nitrogens with zero attached hydrogens (tertiary/aromatic N) is 1. The van der Waals surface area contributed by atoms with Crippen LogP contribution in [0.1, 0.15) is 40.0 Å². The molecule has 0 aliphatic carbocycles. The number of allylic oxidation sites excluding steroid dienone is 1. The van der Waals surface area contributed by atoms with E-state index in [1.165, 1.54) is 0 Å². The summed E-state index contributed by atoms with van der Waals surface area (Å²) in [6.45, 7) is 8.97. The normalized spacial score (nSPS) is 15.3. The van der Waals surface area contributed by atoms with Gasteiger partial charge in [-0.1, -0.05) is 0 Å². The van der Waals surface area contributed by atoms with E-state index in [0.717, 1.165) is 0 Å². The number of amides is 1. The molecule has 12 heteroatoms. The molecule has 1 amide bonds. The summed E-state index contributed by atoms with van der Waals surface area (Å²) in [5, 5.41) is 21.8. The van der Waals surface area contributed by atoms with Gasteiger partial charge in [0.25, 0.3) is 0 Å². The summed E-state index contributed by atoms with van der Waals surface area (Å²) >= 11 is 0. The van der Waals surface area contributed by atoms with Crippen molar-refractivity contribution < 1.29 is 48.2 Å². The van der Waals surface area contributed by atoms with Gasteiger partial charge in [-0.3, -0.25) is 9.59 Å². The molecule has 0 spiro atoms. The lowest BCUT2D eigenvalue weighted by atomic mass is 10.1. The van der Waals surface area contributed by atoms with Crippen molar-refractivity contribution in [3.63, 3.8) is 0 Å². The lowest BCUT2D eigenvalue weighted by molar-refractivity contribution is -0.155. The molecule has 0 bridgehead atoms. The quantitative estimate of drug-likeness (QED) is 0.127. The number of nitrogens with one attached hydrogen (secondary N) is 1. The second kappa shape index (κ2) is 20.7. The second-order valence-electron chi connectivity index (χ2n) is 9.83. The number of hydrogen-bond acceptors (Lipinski definition) is 11. The number of hydrogen-bond donors (Lipinski definition) is 3. The molecule has 0 saturated carbocycles. The molecule has 0 aromatic heterocycles. The molecule has 0 radical (unpaired) electrons. The maximum absolute atomic E-state index is 12.9. The average molecular weight is 561 g/mol.